The molecule has 0 saturated heterocycles. The maximum absolute atomic E-state index is 12.5. The van der Waals surface area contributed by atoms with Crippen molar-refractivity contribution < 1.29 is 4.79 Å². The van der Waals surface area contributed by atoms with Crippen molar-refractivity contribution in [1.82, 2.24) is 15.0 Å². The standard InChI is InChI=1S/C19H20N4OS3/c24-15(23-19-22-12-6-2-4-8-14(12)27-19)9-25-17-16-11-5-1-3-7-13(11)26-18(16)21-10-20-17/h10H,1-9H2,(H,22,23,24). The largest absolute Gasteiger partial charge is 0.301 e. The summed E-state index contributed by atoms with van der Waals surface area (Å²) in [6, 6.07) is 0. The molecule has 0 unspecified atom stereocenters. The summed E-state index contributed by atoms with van der Waals surface area (Å²) in [7, 11) is 0. The topological polar surface area (TPSA) is 67.8 Å². The minimum absolute atomic E-state index is 0.0121. The molecule has 27 heavy (non-hydrogen) atoms. The molecule has 2 aliphatic rings. The van der Waals surface area contributed by atoms with Gasteiger partial charge >= 0.3 is 0 Å². The number of aryl methyl sites for hydroxylation is 4. The van der Waals surface area contributed by atoms with E-state index in [-0.39, 0.29) is 5.91 Å². The van der Waals surface area contributed by atoms with Gasteiger partial charge in [-0.3, -0.25) is 4.79 Å². The van der Waals surface area contributed by atoms with Crippen LogP contribution in [0.4, 0.5) is 5.13 Å². The predicted molar refractivity (Wildman–Crippen MR) is 112 cm³/mol. The van der Waals surface area contributed by atoms with E-state index >= 15 is 0 Å². The number of thioether (sulfide) groups is 1. The van der Waals surface area contributed by atoms with Gasteiger partial charge in [-0.1, -0.05) is 11.8 Å². The minimum Gasteiger partial charge on any atom is -0.301 e. The molecule has 0 spiro atoms. The van der Waals surface area contributed by atoms with Crippen molar-refractivity contribution in [3.63, 3.8) is 0 Å². The molecule has 0 radical (unpaired) electrons. The molecule has 1 N–H and O–H groups in total. The number of thiophene rings is 1. The van der Waals surface area contributed by atoms with E-state index in [2.05, 4.69) is 20.3 Å². The molecule has 0 aliphatic heterocycles. The number of fused-ring (bicyclic) bond motifs is 4. The summed E-state index contributed by atoms with van der Waals surface area (Å²) in [5.41, 5.74) is 2.59. The first-order valence-electron chi connectivity index (χ1n) is 9.44. The second-order valence-corrected chi connectivity index (χ2v) is 10.1. The van der Waals surface area contributed by atoms with Crippen LogP contribution in [0.5, 0.6) is 0 Å². The van der Waals surface area contributed by atoms with Gasteiger partial charge < -0.3 is 5.32 Å². The highest BCUT2D eigenvalue weighted by molar-refractivity contribution is 8.00. The maximum atomic E-state index is 12.5. The van der Waals surface area contributed by atoms with Gasteiger partial charge in [-0.05, 0) is 56.9 Å². The van der Waals surface area contributed by atoms with Crippen LogP contribution in [0.25, 0.3) is 10.2 Å². The van der Waals surface area contributed by atoms with Crippen molar-refractivity contribution in [1.29, 1.82) is 0 Å². The van der Waals surface area contributed by atoms with Crippen LogP contribution >= 0.6 is 34.4 Å². The Kier molecular flexibility index (Phi) is 4.87. The summed E-state index contributed by atoms with van der Waals surface area (Å²) in [6.07, 6.45) is 10.9. The third-order valence-electron chi connectivity index (χ3n) is 5.15. The van der Waals surface area contributed by atoms with Crippen molar-refractivity contribution in [2.45, 2.75) is 56.4 Å². The highest BCUT2D eigenvalue weighted by Gasteiger charge is 2.21. The van der Waals surface area contributed by atoms with Crippen LogP contribution in [0.1, 0.15) is 46.7 Å². The molecule has 5 nitrogen and oxygen atoms in total. The molecule has 0 saturated carbocycles. The number of nitrogens with one attached hydrogen (secondary N) is 1. The van der Waals surface area contributed by atoms with E-state index in [4.69, 9.17) is 0 Å². The number of rotatable bonds is 4. The maximum Gasteiger partial charge on any atom is 0.236 e. The molecule has 1 amide bonds. The Bertz CT molecular complexity index is 986. The van der Waals surface area contributed by atoms with E-state index in [1.54, 1.807) is 29.0 Å². The third-order valence-corrected chi connectivity index (χ3v) is 8.41. The van der Waals surface area contributed by atoms with Gasteiger partial charge in [0.15, 0.2) is 5.13 Å². The zero-order valence-electron chi connectivity index (χ0n) is 14.9. The van der Waals surface area contributed by atoms with Crippen LogP contribution in [0.3, 0.4) is 0 Å². The Hall–Kier alpha value is -1.51. The summed E-state index contributed by atoms with van der Waals surface area (Å²) in [6.45, 7) is 0. The first-order chi connectivity index (χ1) is 13.3. The highest BCUT2D eigenvalue weighted by atomic mass is 32.2. The fourth-order valence-corrected chi connectivity index (χ4v) is 7.05. The SMILES string of the molecule is O=C(CSc1ncnc2sc3c(c12)CCCC3)Nc1nc2c(s1)CCCC2. The molecule has 5 rings (SSSR count). The van der Waals surface area contributed by atoms with Crippen LogP contribution in [-0.2, 0) is 30.5 Å². The number of hydrogen-bond acceptors (Lipinski definition) is 7. The molecule has 3 heterocycles. The first-order valence-corrected chi connectivity index (χ1v) is 12.1. The Morgan fingerprint density at radius 3 is 2.74 bits per heavy atom. The number of amides is 1. The second kappa shape index (κ2) is 7.48. The number of anilines is 1. The molecule has 2 aliphatic carbocycles. The van der Waals surface area contributed by atoms with E-state index in [0.29, 0.717) is 5.75 Å². The van der Waals surface area contributed by atoms with Crippen molar-refractivity contribution in [2.75, 3.05) is 11.1 Å². The molecule has 140 valence electrons. The van der Waals surface area contributed by atoms with Crippen molar-refractivity contribution in [2.24, 2.45) is 0 Å². The molecule has 8 heteroatoms. The molecule has 3 aromatic rings. The fourth-order valence-electron chi connectivity index (χ4n) is 3.87. The van der Waals surface area contributed by atoms with Crippen molar-refractivity contribution in [3.8, 4) is 0 Å². The fraction of sp³-hybridized carbons (Fsp3) is 0.474. The minimum atomic E-state index is -0.0121. The van der Waals surface area contributed by atoms with Crippen LogP contribution in [0, 0.1) is 0 Å². The Balaban J connectivity index is 1.30. The van der Waals surface area contributed by atoms with Gasteiger partial charge in [-0.2, -0.15) is 0 Å². The zero-order valence-corrected chi connectivity index (χ0v) is 17.4. The Morgan fingerprint density at radius 1 is 1.04 bits per heavy atom. The van der Waals surface area contributed by atoms with Crippen LogP contribution in [0.2, 0.25) is 0 Å². The lowest BCUT2D eigenvalue weighted by Gasteiger charge is -2.11. The molecule has 0 aromatic carbocycles. The van der Waals surface area contributed by atoms with E-state index in [1.807, 2.05) is 0 Å². The molecule has 0 atom stereocenters. The lowest BCUT2D eigenvalue weighted by Crippen LogP contribution is -2.14. The van der Waals surface area contributed by atoms with Gasteiger partial charge in [0, 0.05) is 15.1 Å². The molecule has 3 aromatic heterocycles. The lowest BCUT2D eigenvalue weighted by atomic mass is 9.97. The number of carbonyl (C=O) groups is 1. The van der Waals surface area contributed by atoms with E-state index in [0.717, 1.165) is 40.7 Å². The highest BCUT2D eigenvalue weighted by Crippen LogP contribution is 2.39. The van der Waals surface area contributed by atoms with Gasteiger partial charge in [0.1, 0.15) is 16.2 Å². The normalized spacial score (nSPS) is 16.1. The summed E-state index contributed by atoms with van der Waals surface area (Å²) in [5.74, 6) is 0.336. The number of thiazole rings is 1. The van der Waals surface area contributed by atoms with Gasteiger partial charge in [0.2, 0.25) is 5.91 Å². The zero-order chi connectivity index (χ0) is 18.2. The number of nitrogens with zero attached hydrogens (tertiary/aromatic N) is 3. The number of hydrogen-bond donors (Lipinski definition) is 1. The average Bonchev–Trinajstić information content (AvgIpc) is 3.26. The van der Waals surface area contributed by atoms with Gasteiger partial charge in [-0.15, -0.1) is 22.7 Å². The van der Waals surface area contributed by atoms with Crippen LogP contribution in [0.15, 0.2) is 11.4 Å². The van der Waals surface area contributed by atoms with Gasteiger partial charge in [0.05, 0.1) is 11.4 Å². The molecule has 0 bridgehead atoms. The van der Waals surface area contributed by atoms with Crippen LogP contribution < -0.4 is 5.32 Å². The summed E-state index contributed by atoms with van der Waals surface area (Å²) in [4.78, 5) is 29.9. The first kappa shape index (κ1) is 17.6. The summed E-state index contributed by atoms with van der Waals surface area (Å²) < 4.78 is 0. The van der Waals surface area contributed by atoms with Crippen LogP contribution in [-0.4, -0.2) is 26.6 Å². The van der Waals surface area contributed by atoms with Gasteiger partial charge in [-0.25, -0.2) is 15.0 Å². The third kappa shape index (κ3) is 3.50. The summed E-state index contributed by atoms with van der Waals surface area (Å²) >= 11 is 4.93. The smallest absolute Gasteiger partial charge is 0.236 e. The van der Waals surface area contributed by atoms with E-state index in [9.17, 15) is 4.79 Å². The number of carbonyl (C=O) groups excluding carboxylic acids is 1. The Morgan fingerprint density at radius 2 is 1.85 bits per heavy atom. The second-order valence-electron chi connectivity index (χ2n) is 7.00. The van der Waals surface area contributed by atoms with E-state index in [1.165, 1.54) is 63.8 Å². The van der Waals surface area contributed by atoms with Gasteiger partial charge in [0.25, 0.3) is 0 Å². The number of aromatic nitrogens is 3. The summed E-state index contributed by atoms with van der Waals surface area (Å²) in [5, 5.41) is 5.84. The van der Waals surface area contributed by atoms with Crippen molar-refractivity contribution >= 4 is 55.7 Å². The van der Waals surface area contributed by atoms with E-state index < -0.39 is 0 Å². The molecular formula is C19H20N4OS3. The van der Waals surface area contributed by atoms with Crippen molar-refractivity contribution in [3.05, 3.63) is 27.3 Å². The predicted octanol–water partition coefficient (Wildman–Crippen LogP) is 4.64. The molecular weight excluding hydrogens is 396 g/mol. The molecule has 0 fully saturated rings. The Labute approximate surface area is 170 Å². The lowest BCUT2D eigenvalue weighted by molar-refractivity contribution is -0.113. The average molecular weight is 417 g/mol. The monoisotopic (exact) mass is 416 g/mol. The quantitative estimate of drug-likeness (QED) is 0.496.